The molecule has 60 valence electrons. The first-order valence-corrected chi connectivity index (χ1v) is 3.55. The molecule has 0 aliphatic heterocycles. The second-order valence-electron chi connectivity index (χ2n) is 3.41. The van der Waals surface area contributed by atoms with Gasteiger partial charge in [0.15, 0.2) is 0 Å². The van der Waals surface area contributed by atoms with Gasteiger partial charge in [-0.3, -0.25) is 4.79 Å². The van der Waals surface area contributed by atoms with Crippen LogP contribution in [0.15, 0.2) is 0 Å². The van der Waals surface area contributed by atoms with E-state index in [0.717, 1.165) is 0 Å². The molecule has 0 saturated heterocycles. The number of ketones is 1. The molecule has 0 unspecified atom stereocenters. The maximum atomic E-state index is 10.4. The van der Waals surface area contributed by atoms with E-state index in [4.69, 9.17) is 4.74 Å². The summed E-state index contributed by atoms with van der Waals surface area (Å²) >= 11 is 0. The monoisotopic (exact) mass is 144 g/mol. The fourth-order valence-corrected chi connectivity index (χ4v) is 0.501. The van der Waals surface area contributed by atoms with Gasteiger partial charge in [0.05, 0.1) is 12.2 Å². The van der Waals surface area contributed by atoms with Crippen LogP contribution in [0.5, 0.6) is 0 Å². The van der Waals surface area contributed by atoms with Crippen LogP contribution < -0.4 is 0 Å². The Bertz CT molecular complexity index is 111. The van der Waals surface area contributed by atoms with E-state index < -0.39 is 0 Å². The molecule has 0 bridgehead atoms. The lowest BCUT2D eigenvalue weighted by molar-refractivity contribution is -0.119. The first kappa shape index (κ1) is 9.63. The minimum atomic E-state index is -0.116. The van der Waals surface area contributed by atoms with Crippen molar-refractivity contribution in [3.63, 3.8) is 0 Å². The predicted octanol–water partition coefficient (Wildman–Crippen LogP) is 1.78. The zero-order valence-electron chi connectivity index (χ0n) is 7.23. The van der Waals surface area contributed by atoms with Gasteiger partial charge in [-0.2, -0.15) is 0 Å². The van der Waals surface area contributed by atoms with Gasteiger partial charge >= 0.3 is 0 Å². The van der Waals surface area contributed by atoms with Crippen LogP contribution in [0, 0.1) is 0 Å². The van der Waals surface area contributed by atoms with Gasteiger partial charge in [-0.05, 0) is 27.7 Å². The van der Waals surface area contributed by atoms with Gasteiger partial charge < -0.3 is 4.74 Å². The molecular weight excluding hydrogens is 128 g/mol. The predicted molar refractivity (Wildman–Crippen MR) is 41.0 cm³/mol. The van der Waals surface area contributed by atoms with Gasteiger partial charge in [0, 0.05) is 6.42 Å². The van der Waals surface area contributed by atoms with Crippen LogP contribution in [-0.2, 0) is 9.53 Å². The molecule has 0 radical (unpaired) electrons. The largest absolute Gasteiger partial charge is 0.375 e. The van der Waals surface area contributed by atoms with E-state index in [0.29, 0.717) is 13.0 Å². The molecule has 0 saturated carbocycles. The Morgan fingerprint density at radius 1 is 1.40 bits per heavy atom. The maximum absolute atomic E-state index is 10.4. The fraction of sp³-hybridized carbons (Fsp3) is 0.875. The third-order valence-corrected chi connectivity index (χ3v) is 0.989. The van der Waals surface area contributed by atoms with Gasteiger partial charge in [0.2, 0.25) is 0 Å². The highest BCUT2D eigenvalue weighted by Crippen LogP contribution is 2.06. The van der Waals surface area contributed by atoms with Crippen molar-refractivity contribution in [3.8, 4) is 0 Å². The molecule has 0 N–H and O–H groups in total. The van der Waals surface area contributed by atoms with Gasteiger partial charge in [-0.15, -0.1) is 0 Å². The molecule has 0 amide bonds. The SMILES string of the molecule is CC(=O)CCOC(C)(C)C. The summed E-state index contributed by atoms with van der Waals surface area (Å²) in [5.41, 5.74) is -0.116. The molecule has 0 atom stereocenters. The summed E-state index contributed by atoms with van der Waals surface area (Å²) in [6.07, 6.45) is 0.525. The highest BCUT2D eigenvalue weighted by Gasteiger charge is 2.09. The lowest BCUT2D eigenvalue weighted by Crippen LogP contribution is -2.20. The minimum Gasteiger partial charge on any atom is -0.375 e. The number of rotatable bonds is 3. The van der Waals surface area contributed by atoms with Gasteiger partial charge in [-0.25, -0.2) is 0 Å². The molecule has 0 fully saturated rings. The second-order valence-corrected chi connectivity index (χ2v) is 3.41. The van der Waals surface area contributed by atoms with E-state index in [1.54, 1.807) is 6.92 Å². The van der Waals surface area contributed by atoms with Crippen molar-refractivity contribution in [2.24, 2.45) is 0 Å². The van der Waals surface area contributed by atoms with Crippen molar-refractivity contribution in [3.05, 3.63) is 0 Å². The van der Waals surface area contributed by atoms with Crippen LogP contribution in [0.1, 0.15) is 34.1 Å². The zero-order chi connectivity index (χ0) is 8.20. The number of carbonyl (C=O) groups is 1. The molecule has 0 aromatic rings. The molecule has 0 aliphatic carbocycles. The number of carbonyl (C=O) groups excluding carboxylic acids is 1. The molecule has 2 heteroatoms. The Balaban J connectivity index is 3.29. The molecule has 0 spiro atoms. The summed E-state index contributed by atoms with van der Waals surface area (Å²) in [5, 5.41) is 0. The van der Waals surface area contributed by atoms with Crippen molar-refractivity contribution < 1.29 is 9.53 Å². The Hall–Kier alpha value is -0.370. The van der Waals surface area contributed by atoms with Gasteiger partial charge in [0.1, 0.15) is 5.78 Å². The van der Waals surface area contributed by atoms with Crippen LogP contribution in [0.2, 0.25) is 0 Å². The van der Waals surface area contributed by atoms with E-state index in [-0.39, 0.29) is 11.4 Å². The summed E-state index contributed by atoms with van der Waals surface area (Å²) in [6, 6.07) is 0. The Morgan fingerprint density at radius 3 is 2.20 bits per heavy atom. The number of ether oxygens (including phenoxy) is 1. The lowest BCUT2D eigenvalue weighted by Gasteiger charge is -2.18. The van der Waals surface area contributed by atoms with Crippen LogP contribution in [0.3, 0.4) is 0 Å². The maximum Gasteiger partial charge on any atom is 0.132 e. The van der Waals surface area contributed by atoms with E-state index in [1.807, 2.05) is 20.8 Å². The third kappa shape index (κ3) is 7.63. The summed E-state index contributed by atoms with van der Waals surface area (Å²) in [5.74, 6) is 0.184. The summed E-state index contributed by atoms with van der Waals surface area (Å²) in [6.45, 7) is 8.05. The fourth-order valence-electron chi connectivity index (χ4n) is 0.501. The highest BCUT2D eigenvalue weighted by molar-refractivity contribution is 5.75. The lowest BCUT2D eigenvalue weighted by atomic mass is 10.2. The molecule has 0 rings (SSSR count). The normalized spacial score (nSPS) is 11.6. The summed E-state index contributed by atoms with van der Waals surface area (Å²) in [7, 11) is 0. The van der Waals surface area contributed by atoms with E-state index in [1.165, 1.54) is 0 Å². The van der Waals surface area contributed by atoms with Crippen LogP contribution in [0.25, 0.3) is 0 Å². The molecule has 0 aromatic heterocycles. The quantitative estimate of drug-likeness (QED) is 0.603. The van der Waals surface area contributed by atoms with Crippen molar-refractivity contribution in [1.29, 1.82) is 0 Å². The molecule has 2 nitrogen and oxygen atoms in total. The molecule has 0 aromatic carbocycles. The van der Waals surface area contributed by atoms with Crippen molar-refractivity contribution in [1.82, 2.24) is 0 Å². The van der Waals surface area contributed by atoms with E-state index in [9.17, 15) is 4.79 Å². The molecule has 0 aliphatic rings. The van der Waals surface area contributed by atoms with Crippen LogP contribution >= 0.6 is 0 Å². The number of Topliss-reactive ketones (excluding diaryl/α,β-unsaturated/α-hetero) is 1. The molecular formula is C8H16O2. The van der Waals surface area contributed by atoms with Crippen molar-refractivity contribution >= 4 is 5.78 Å². The third-order valence-electron chi connectivity index (χ3n) is 0.989. The van der Waals surface area contributed by atoms with E-state index >= 15 is 0 Å². The smallest absolute Gasteiger partial charge is 0.132 e. The first-order valence-electron chi connectivity index (χ1n) is 3.55. The van der Waals surface area contributed by atoms with Crippen molar-refractivity contribution in [2.75, 3.05) is 6.61 Å². The van der Waals surface area contributed by atoms with Gasteiger partial charge in [-0.1, -0.05) is 0 Å². The number of hydrogen-bond donors (Lipinski definition) is 0. The first-order chi connectivity index (χ1) is 4.42. The molecule has 10 heavy (non-hydrogen) atoms. The topological polar surface area (TPSA) is 26.3 Å². The van der Waals surface area contributed by atoms with Gasteiger partial charge in [0.25, 0.3) is 0 Å². The highest BCUT2D eigenvalue weighted by atomic mass is 16.5. The number of hydrogen-bond acceptors (Lipinski definition) is 2. The zero-order valence-corrected chi connectivity index (χ0v) is 7.23. The Labute approximate surface area is 62.6 Å². The summed E-state index contributed by atoms with van der Waals surface area (Å²) in [4.78, 5) is 10.4. The minimum absolute atomic E-state index is 0.116. The average Bonchev–Trinajstić information content (AvgIpc) is 1.59. The van der Waals surface area contributed by atoms with Crippen molar-refractivity contribution in [2.45, 2.75) is 39.7 Å². The van der Waals surface area contributed by atoms with E-state index in [2.05, 4.69) is 0 Å². The second kappa shape index (κ2) is 3.71. The Morgan fingerprint density at radius 2 is 1.90 bits per heavy atom. The summed E-state index contributed by atoms with van der Waals surface area (Å²) < 4.78 is 5.32. The average molecular weight is 144 g/mol. The standard InChI is InChI=1S/C8H16O2/c1-7(9)5-6-10-8(2,3)4/h5-6H2,1-4H3. The Kier molecular flexibility index (Phi) is 3.58. The van der Waals surface area contributed by atoms with Crippen LogP contribution in [-0.4, -0.2) is 18.0 Å². The molecule has 0 heterocycles. The van der Waals surface area contributed by atoms with Crippen LogP contribution in [0.4, 0.5) is 0 Å².